The van der Waals surface area contributed by atoms with E-state index >= 15 is 0 Å². The Labute approximate surface area is 108 Å². The molecule has 1 rings (SSSR count). The third-order valence-electron chi connectivity index (χ3n) is 2.13. The molecule has 0 saturated heterocycles. The van der Waals surface area contributed by atoms with Crippen LogP contribution in [0.5, 0.6) is 0 Å². The Bertz CT molecular complexity index is 382. The van der Waals surface area contributed by atoms with Gasteiger partial charge in [-0.3, -0.25) is 5.10 Å². The molecule has 0 aliphatic rings. The molecule has 1 aromatic rings. The second kappa shape index (κ2) is 6.37. The smallest absolute Gasteiger partial charge is 0.408 e. The summed E-state index contributed by atoms with van der Waals surface area (Å²) in [4.78, 5) is 15.7. The molecule has 1 aromatic heterocycles. The van der Waals surface area contributed by atoms with Crippen LogP contribution in [0.1, 0.15) is 52.2 Å². The second-order valence-electron chi connectivity index (χ2n) is 5.16. The fourth-order valence-corrected chi connectivity index (χ4v) is 1.33. The maximum atomic E-state index is 11.4. The molecule has 0 aliphatic carbocycles. The van der Waals surface area contributed by atoms with E-state index in [2.05, 4.69) is 27.4 Å². The Kier molecular flexibility index (Phi) is 5.12. The maximum Gasteiger partial charge on any atom is 0.408 e. The maximum absolute atomic E-state index is 11.4. The highest BCUT2D eigenvalue weighted by Gasteiger charge is 2.16. The lowest BCUT2D eigenvalue weighted by Gasteiger charge is -2.19. The molecule has 1 heterocycles. The average Bonchev–Trinajstić information content (AvgIpc) is 2.69. The summed E-state index contributed by atoms with van der Waals surface area (Å²) in [6, 6.07) is 0. The largest absolute Gasteiger partial charge is 0.444 e. The molecular weight excluding hydrogens is 232 g/mol. The summed E-state index contributed by atoms with van der Waals surface area (Å²) in [5.41, 5.74) is -0.488. The lowest BCUT2D eigenvalue weighted by Crippen LogP contribution is -2.32. The highest BCUT2D eigenvalue weighted by molar-refractivity contribution is 5.67. The molecule has 1 amide bonds. The molecule has 102 valence electrons. The SMILES string of the molecule is CCCCc1n[nH]c(CNC(=O)OC(C)(C)C)n1. The number of amides is 1. The van der Waals surface area contributed by atoms with Crippen molar-refractivity contribution in [3.8, 4) is 0 Å². The van der Waals surface area contributed by atoms with Crippen molar-refractivity contribution < 1.29 is 9.53 Å². The topological polar surface area (TPSA) is 79.9 Å². The highest BCUT2D eigenvalue weighted by atomic mass is 16.6. The average molecular weight is 254 g/mol. The Morgan fingerprint density at radius 1 is 1.44 bits per heavy atom. The minimum atomic E-state index is -0.488. The van der Waals surface area contributed by atoms with Gasteiger partial charge in [0.25, 0.3) is 0 Å². The van der Waals surface area contributed by atoms with Crippen molar-refractivity contribution in [2.45, 2.75) is 59.1 Å². The van der Waals surface area contributed by atoms with E-state index in [9.17, 15) is 4.79 Å². The van der Waals surface area contributed by atoms with E-state index in [0.29, 0.717) is 12.4 Å². The second-order valence-corrected chi connectivity index (χ2v) is 5.16. The van der Waals surface area contributed by atoms with E-state index in [1.807, 2.05) is 20.8 Å². The van der Waals surface area contributed by atoms with Gasteiger partial charge < -0.3 is 10.1 Å². The first-order valence-electron chi connectivity index (χ1n) is 6.27. The molecule has 2 N–H and O–H groups in total. The van der Waals surface area contributed by atoms with Crippen LogP contribution in [0.2, 0.25) is 0 Å². The van der Waals surface area contributed by atoms with Crippen molar-refractivity contribution in [3.63, 3.8) is 0 Å². The molecular formula is C12H22N4O2. The number of unbranched alkanes of at least 4 members (excludes halogenated alkanes) is 1. The van der Waals surface area contributed by atoms with Gasteiger partial charge in [-0.15, -0.1) is 0 Å². The predicted molar refractivity (Wildman–Crippen MR) is 68.1 cm³/mol. The van der Waals surface area contributed by atoms with E-state index in [4.69, 9.17) is 4.74 Å². The molecule has 0 unspecified atom stereocenters. The number of alkyl carbamates (subject to hydrolysis) is 1. The molecule has 6 heteroatoms. The number of aromatic amines is 1. The number of hydrogen-bond acceptors (Lipinski definition) is 4. The van der Waals surface area contributed by atoms with Crippen molar-refractivity contribution in [1.29, 1.82) is 0 Å². The molecule has 6 nitrogen and oxygen atoms in total. The number of ether oxygens (including phenoxy) is 1. The van der Waals surface area contributed by atoms with Crippen LogP contribution in [0.15, 0.2) is 0 Å². The van der Waals surface area contributed by atoms with Gasteiger partial charge in [-0.1, -0.05) is 13.3 Å². The molecule has 0 fully saturated rings. The quantitative estimate of drug-likeness (QED) is 0.844. The molecule has 0 spiro atoms. The number of aryl methyl sites for hydroxylation is 1. The van der Waals surface area contributed by atoms with Crippen molar-refractivity contribution in [2.75, 3.05) is 0 Å². The standard InChI is InChI=1S/C12H22N4O2/c1-5-6-7-9-14-10(16-15-9)8-13-11(17)18-12(2,3)4/h5-8H2,1-4H3,(H,13,17)(H,14,15,16). The fraction of sp³-hybridized carbons (Fsp3) is 0.750. The molecule has 18 heavy (non-hydrogen) atoms. The first kappa shape index (κ1) is 14.5. The Hall–Kier alpha value is -1.59. The zero-order valence-corrected chi connectivity index (χ0v) is 11.5. The number of carbonyl (C=O) groups excluding carboxylic acids is 1. The van der Waals surface area contributed by atoms with Gasteiger partial charge >= 0.3 is 6.09 Å². The van der Waals surface area contributed by atoms with Gasteiger partial charge in [0.15, 0.2) is 5.82 Å². The van der Waals surface area contributed by atoms with Crippen LogP contribution in [0.25, 0.3) is 0 Å². The zero-order valence-electron chi connectivity index (χ0n) is 11.5. The van der Waals surface area contributed by atoms with Gasteiger partial charge in [0.1, 0.15) is 11.4 Å². The minimum Gasteiger partial charge on any atom is -0.444 e. The van der Waals surface area contributed by atoms with Gasteiger partial charge in [0.2, 0.25) is 0 Å². The molecule has 0 aromatic carbocycles. The van der Waals surface area contributed by atoms with Gasteiger partial charge in [-0.25, -0.2) is 9.78 Å². The number of aromatic nitrogens is 3. The summed E-state index contributed by atoms with van der Waals surface area (Å²) >= 11 is 0. The summed E-state index contributed by atoms with van der Waals surface area (Å²) in [6.07, 6.45) is 2.59. The highest BCUT2D eigenvalue weighted by Crippen LogP contribution is 2.06. The number of rotatable bonds is 5. The van der Waals surface area contributed by atoms with Crippen LogP contribution in [-0.2, 0) is 17.7 Å². The van der Waals surface area contributed by atoms with E-state index in [1.165, 1.54) is 0 Å². The third kappa shape index (κ3) is 5.65. The monoisotopic (exact) mass is 254 g/mol. The summed E-state index contributed by atoms with van der Waals surface area (Å²) in [5, 5.41) is 9.51. The zero-order chi connectivity index (χ0) is 13.6. The molecule has 0 saturated carbocycles. The summed E-state index contributed by atoms with van der Waals surface area (Å²) in [7, 11) is 0. The Morgan fingerprint density at radius 3 is 2.78 bits per heavy atom. The van der Waals surface area contributed by atoms with Gasteiger partial charge in [0, 0.05) is 6.42 Å². The summed E-state index contributed by atoms with van der Waals surface area (Å²) in [5.74, 6) is 1.44. The van der Waals surface area contributed by atoms with Gasteiger partial charge in [-0.2, -0.15) is 5.10 Å². The van der Waals surface area contributed by atoms with Gasteiger partial charge in [-0.05, 0) is 27.2 Å². The number of carbonyl (C=O) groups is 1. The third-order valence-corrected chi connectivity index (χ3v) is 2.13. The summed E-state index contributed by atoms with van der Waals surface area (Å²) < 4.78 is 5.12. The number of H-pyrrole nitrogens is 1. The van der Waals surface area contributed by atoms with Crippen molar-refractivity contribution in [2.24, 2.45) is 0 Å². The van der Waals surface area contributed by atoms with Crippen LogP contribution in [-0.4, -0.2) is 26.9 Å². The van der Waals surface area contributed by atoms with Crippen LogP contribution < -0.4 is 5.32 Å². The Morgan fingerprint density at radius 2 is 2.17 bits per heavy atom. The van der Waals surface area contributed by atoms with Crippen LogP contribution in [0.3, 0.4) is 0 Å². The lowest BCUT2D eigenvalue weighted by molar-refractivity contribution is 0.0522. The summed E-state index contributed by atoms with van der Waals surface area (Å²) in [6.45, 7) is 7.89. The van der Waals surface area contributed by atoms with Crippen molar-refractivity contribution in [1.82, 2.24) is 20.5 Å². The fourth-order valence-electron chi connectivity index (χ4n) is 1.33. The van der Waals surface area contributed by atoms with Crippen LogP contribution in [0.4, 0.5) is 4.79 Å². The van der Waals surface area contributed by atoms with Crippen LogP contribution in [0, 0.1) is 0 Å². The lowest BCUT2D eigenvalue weighted by atomic mass is 10.2. The molecule has 0 bridgehead atoms. The number of nitrogens with zero attached hydrogens (tertiary/aromatic N) is 2. The van der Waals surface area contributed by atoms with E-state index < -0.39 is 11.7 Å². The van der Waals surface area contributed by atoms with E-state index in [1.54, 1.807) is 0 Å². The normalized spacial score (nSPS) is 11.3. The first-order valence-corrected chi connectivity index (χ1v) is 6.27. The predicted octanol–water partition coefficient (Wildman–Crippen LogP) is 2.17. The van der Waals surface area contributed by atoms with E-state index in [0.717, 1.165) is 25.1 Å². The molecule has 0 atom stereocenters. The van der Waals surface area contributed by atoms with Gasteiger partial charge in [0.05, 0.1) is 6.54 Å². The molecule has 0 radical (unpaired) electrons. The Balaban J connectivity index is 2.35. The van der Waals surface area contributed by atoms with Crippen molar-refractivity contribution in [3.05, 3.63) is 11.6 Å². The minimum absolute atomic E-state index is 0.300. The first-order chi connectivity index (χ1) is 8.40. The van der Waals surface area contributed by atoms with Crippen molar-refractivity contribution >= 4 is 6.09 Å². The number of nitrogens with one attached hydrogen (secondary N) is 2. The molecule has 0 aliphatic heterocycles. The number of hydrogen-bond donors (Lipinski definition) is 2. The van der Waals surface area contributed by atoms with E-state index in [-0.39, 0.29) is 0 Å². The van der Waals surface area contributed by atoms with Crippen LogP contribution >= 0.6 is 0 Å².